The van der Waals surface area contributed by atoms with E-state index in [1.807, 2.05) is 34.9 Å². The molecule has 18 heteroatoms. The van der Waals surface area contributed by atoms with Gasteiger partial charge in [-0.25, -0.2) is 14.5 Å². The highest BCUT2D eigenvalue weighted by Crippen LogP contribution is 2.45. The molecule has 2 fully saturated rings. The van der Waals surface area contributed by atoms with Gasteiger partial charge in [0.2, 0.25) is 5.91 Å². The van der Waals surface area contributed by atoms with Crippen molar-refractivity contribution >= 4 is 56.8 Å². The first-order chi connectivity index (χ1) is 28.0. The summed E-state index contributed by atoms with van der Waals surface area (Å²) in [5.41, 5.74) is 1.26. The van der Waals surface area contributed by atoms with Crippen LogP contribution in [0, 0.1) is 5.92 Å². The summed E-state index contributed by atoms with van der Waals surface area (Å²) in [6, 6.07) is 5.13. The standard InChI is InChI=1S/C42H62N8O8S2/c1-26(2)50-33-20-16-19-30(32-25-59-37(45-32)40(3,4)5)34(33)46-38(50)57-29-21-31(43-23-29)35(52)47-42(36(53)48-60(55,56)49(9)10)22-27(42)17-14-12-11-13-15-18-28(24-51)44-39(54)58-41(6,7)8/h14,16-17,19-20,24-29,31,43H,11-13,15,18,21-23H2,1-10H3,(H,44,54)(H,47,52)(H,48,53)/b17-14-/t27-,28+,29-,31+,42-/m1/s1. The Bertz CT molecular complexity index is 2170. The zero-order valence-electron chi connectivity index (χ0n) is 36.5. The number of nitrogens with zero attached hydrogens (tertiary/aromatic N) is 4. The van der Waals surface area contributed by atoms with E-state index in [-0.39, 0.29) is 17.9 Å². The van der Waals surface area contributed by atoms with E-state index in [9.17, 15) is 27.6 Å². The second-order valence-corrected chi connectivity index (χ2v) is 20.9. The minimum atomic E-state index is -4.12. The van der Waals surface area contributed by atoms with E-state index in [1.54, 1.807) is 32.1 Å². The van der Waals surface area contributed by atoms with Crippen LogP contribution in [0.1, 0.15) is 111 Å². The average molecular weight is 871 g/mol. The van der Waals surface area contributed by atoms with Crippen molar-refractivity contribution in [1.82, 2.24) is 39.5 Å². The van der Waals surface area contributed by atoms with Gasteiger partial charge in [0.1, 0.15) is 29.0 Å². The third kappa shape index (κ3) is 11.5. The van der Waals surface area contributed by atoms with Crippen molar-refractivity contribution in [2.45, 2.75) is 141 Å². The lowest BCUT2D eigenvalue weighted by molar-refractivity contribution is -0.130. The van der Waals surface area contributed by atoms with Crippen LogP contribution in [0.5, 0.6) is 6.01 Å². The molecule has 3 amide bonds. The first-order valence-corrected chi connectivity index (χ1v) is 22.9. The smallest absolute Gasteiger partial charge is 0.408 e. The van der Waals surface area contributed by atoms with Crippen LogP contribution in [0.3, 0.4) is 0 Å². The van der Waals surface area contributed by atoms with Gasteiger partial charge in [0.25, 0.3) is 11.9 Å². The topological polar surface area (TPSA) is 203 Å². The van der Waals surface area contributed by atoms with Crippen LogP contribution in [-0.2, 0) is 34.7 Å². The molecule has 5 atom stereocenters. The van der Waals surface area contributed by atoms with Crippen LogP contribution >= 0.6 is 11.3 Å². The molecule has 3 aromatic rings. The SMILES string of the molecule is CC(C)n1c(O[C@H]2CN[C@H](C(=O)N[C@]3(C(=O)NS(=O)(=O)N(C)C)C[C@H]3/C=C\CCCCC[C@@H](C=O)NC(=O)OC(C)(C)C)C2)nc2c(-c3csc(C(C)(C)C)n3)cccc21. The molecule has 0 bridgehead atoms. The highest BCUT2D eigenvalue weighted by Gasteiger charge is 2.61. The number of aromatic nitrogens is 3. The number of amides is 3. The lowest BCUT2D eigenvalue weighted by Crippen LogP contribution is -2.56. The quantitative estimate of drug-likeness (QED) is 0.0710. The number of thiazole rings is 1. The van der Waals surface area contributed by atoms with Crippen molar-refractivity contribution in [3.63, 3.8) is 0 Å². The average Bonchev–Trinajstić information content (AvgIpc) is 3.54. The Kier molecular flexibility index (Phi) is 14.5. The number of rotatable bonds is 18. The number of ether oxygens (including phenoxy) is 2. The molecule has 60 heavy (non-hydrogen) atoms. The number of alkyl carbamates (subject to hydrolysis) is 1. The number of para-hydroxylation sites is 1. The zero-order chi connectivity index (χ0) is 44.2. The summed E-state index contributed by atoms with van der Waals surface area (Å²) in [6.07, 6.45) is 7.34. The summed E-state index contributed by atoms with van der Waals surface area (Å²) in [6.45, 7) is 16.1. The van der Waals surface area contributed by atoms with Crippen LogP contribution in [-0.4, -0.2) is 101 Å². The van der Waals surface area contributed by atoms with Crippen molar-refractivity contribution in [1.29, 1.82) is 0 Å². The Hall–Kier alpha value is -4.39. The third-order valence-electron chi connectivity index (χ3n) is 10.4. The van der Waals surface area contributed by atoms with E-state index in [4.69, 9.17) is 19.4 Å². The molecule has 1 aliphatic heterocycles. The largest absolute Gasteiger partial charge is 0.460 e. The van der Waals surface area contributed by atoms with E-state index >= 15 is 0 Å². The van der Waals surface area contributed by atoms with Crippen LogP contribution in [0.4, 0.5) is 4.79 Å². The van der Waals surface area contributed by atoms with Gasteiger partial charge in [0, 0.05) is 55.4 Å². The molecule has 1 saturated heterocycles. The van der Waals surface area contributed by atoms with E-state index in [0.717, 1.165) is 44.4 Å². The Labute approximate surface area is 357 Å². The normalized spacial score (nSPS) is 21.4. The van der Waals surface area contributed by atoms with E-state index in [0.29, 0.717) is 44.5 Å². The van der Waals surface area contributed by atoms with E-state index in [2.05, 4.69) is 60.7 Å². The Morgan fingerprint density at radius 1 is 1.10 bits per heavy atom. The fourth-order valence-electron chi connectivity index (χ4n) is 7.05. The molecule has 0 radical (unpaired) electrons. The fraction of sp³-hybridized carbons (Fsp3) is 0.619. The third-order valence-corrected chi connectivity index (χ3v) is 13.1. The van der Waals surface area contributed by atoms with Gasteiger partial charge >= 0.3 is 16.3 Å². The van der Waals surface area contributed by atoms with Crippen molar-refractivity contribution in [3.8, 4) is 17.3 Å². The molecule has 2 aromatic heterocycles. The fourth-order valence-corrected chi connectivity index (χ4v) is 8.56. The lowest BCUT2D eigenvalue weighted by Gasteiger charge is -2.22. The number of allylic oxidation sites excluding steroid dienone is 1. The van der Waals surface area contributed by atoms with Crippen molar-refractivity contribution in [3.05, 3.63) is 40.7 Å². The molecule has 2 aliphatic rings. The summed E-state index contributed by atoms with van der Waals surface area (Å²) in [4.78, 5) is 60.8. The Morgan fingerprint density at radius 2 is 1.83 bits per heavy atom. The number of fused-ring (bicyclic) bond motifs is 1. The van der Waals surface area contributed by atoms with Crippen LogP contribution in [0.25, 0.3) is 22.3 Å². The maximum absolute atomic E-state index is 13.8. The summed E-state index contributed by atoms with van der Waals surface area (Å²) in [7, 11) is -1.49. The monoisotopic (exact) mass is 870 g/mol. The van der Waals surface area contributed by atoms with Gasteiger partial charge in [-0.3, -0.25) is 14.2 Å². The van der Waals surface area contributed by atoms with Crippen LogP contribution in [0.2, 0.25) is 0 Å². The number of benzene rings is 1. The Balaban J connectivity index is 1.21. The molecular formula is C42H62N8O8S2. The Morgan fingerprint density at radius 3 is 2.47 bits per heavy atom. The molecule has 5 rings (SSSR count). The van der Waals surface area contributed by atoms with E-state index in [1.165, 1.54) is 14.1 Å². The molecule has 0 unspecified atom stereocenters. The van der Waals surface area contributed by atoms with Gasteiger partial charge in [-0.2, -0.15) is 17.7 Å². The maximum atomic E-state index is 13.8. The lowest BCUT2D eigenvalue weighted by atomic mass is 9.98. The second-order valence-electron chi connectivity index (χ2n) is 18.2. The van der Waals surface area contributed by atoms with Crippen molar-refractivity contribution < 1.29 is 37.1 Å². The predicted molar refractivity (Wildman–Crippen MR) is 232 cm³/mol. The van der Waals surface area contributed by atoms with Gasteiger partial charge in [-0.05, 0) is 66.4 Å². The predicted octanol–water partition coefficient (Wildman–Crippen LogP) is 5.54. The molecule has 330 valence electrons. The van der Waals surface area contributed by atoms with Crippen LogP contribution in [0.15, 0.2) is 35.7 Å². The van der Waals surface area contributed by atoms with Gasteiger partial charge in [-0.1, -0.05) is 57.9 Å². The molecule has 4 N–H and O–H groups in total. The molecule has 16 nitrogen and oxygen atoms in total. The summed E-state index contributed by atoms with van der Waals surface area (Å²) >= 11 is 1.63. The minimum absolute atomic E-state index is 0.0221. The van der Waals surface area contributed by atoms with Gasteiger partial charge in [0.15, 0.2) is 0 Å². The minimum Gasteiger partial charge on any atom is -0.460 e. The van der Waals surface area contributed by atoms with Crippen molar-refractivity contribution in [2.75, 3.05) is 20.6 Å². The first kappa shape index (κ1) is 46.7. The van der Waals surface area contributed by atoms with Gasteiger partial charge in [0.05, 0.1) is 28.3 Å². The number of hydrogen-bond donors (Lipinski definition) is 4. The molecular weight excluding hydrogens is 809 g/mol. The highest BCUT2D eigenvalue weighted by atomic mass is 32.2. The van der Waals surface area contributed by atoms with Gasteiger partial charge in [-0.15, -0.1) is 11.3 Å². The summed E-state index contributed by atoms with van der Waals surface area (Å²) in [5, 5.41) is 11.8. The van der Waals surface area contributed by atoms with Gasteiger partial charge < -0.3 is 30.2 Å². The number of hydrogen-bond acceptors (Lipinski definition) is 12. The number of imidazole rings is 1. The molecule has 3 heterocycles. The molecule has 1 aromatic carbocycles. The molecule has 0 spiro atoms. The molecule has 1 aliphatic carbocycles. The number of carbonyl (C=O) groups is 4. The molecule has 1 saturated carbocycles. The zero-order valence-corrected chi connectivity index (χ0v) is 38.1. The summed E-state index contributed by atoms with van der Waals surface area (Å²) < 4.78 is 42.2. The van der Waals surface area contributed by atoms with E-state index < -0.39 is 63.4 Å². The second kappa shape index (κ2) is 18.7. The highest BCUT2D eigenvalue weighted by molar-refractivity contribution is 7.87. The van der Waals surface area contributed by atoms with Crippen LogP contribution < -0.4 is 25.4 Å². The number of aldehydes is 1. The number of nitrogens with one attached hydrogen (secondary N) is 4. The number of carbonyl (C=O) groups excluding carboxylic acids is 4. The maximum Gasteiger partial charge on any atom is 0.408 e. The first-order valence-electron chi connectivity index (χ1n) is 20.6. The summed E-state index contributed by atoms with van der Waals surface area (Å²) in [5.74, 6) is -1.67. The van der Waals surface area contributed by atoms with Crippen molar-refractivity contribution in [2.24, 2.45) is 5.92 Å². The number of unbranched alkanes of at least 4 members (excludes halogenated alkanes) is 3.